The molecule has 172 valence electrons. The first-order chi connectivity index (χ1) is 16.4. The zero-order chi connectivity index (χ0) is 24.2. The Morgan fingerprint density at radius 1 is 0.912 bits per heavy atom. The molecule has 0 radical (unpaired) electrons. The topological polar surface area (TPSA) is 101 Å². The van der Waals surface area contributed by atoms with Gasteiger partial charge in [0, 0.05) is 17.8 Å². The molecule has 4 aromatic rings. The predicted octanol–water partition coefficient (Wildman–Crippen LogP) is 3.96. The van der Waals surface area contributed by atoms with E-state index in [0.717, 1.165) is 5.56 Å². The minimum atomic E-state index is -1.07. The molecular weight excluding hydrogens is 432 g/mol. The van der Waals surface area contributed by atoms with Crippen LogP contribution in [0.5, 0.6) is 5.75 Å². The van der Waals surface area contributed by atoms with Crippen molar-refractivity contribution in [1.82, 2.24) is 4.57 Å². The maximum Gasteiger partial charge on any atom is 0.351 e. The summed E-state index contributed by atoms with van der Waals surface area (Å²) in [5.74, 6) is -2.20. The molecule has 0 saturated carbocycles. The van der Waals surface area contributed by atoms with E-state index < -0.39 is 23.8 Å². The summed E-state index contributed by atoms with van der Waals surface area (Å²) in [6, 6.07) is 23.9. The largest absolute Gasteiger partial charge is 0.473 e. The molecule has 0 aliphatic carbocycles. The molecule has 1 aromatic heterocycles. The number of carbonyl (C=O) groups is 3. The number of nitrogens with zero attached hydrogens (tertiary/aromatic N) is 1. The number of primary amides is 1. The summed E-state index contributed by atoms with van der Waals surface area (Å²) in [5, 5.41) is 0.421. The van der Waals surface area contributed by atoms with Crippen molar-refractivity contribution in [2.75, 3.05) is 7.11 Å². The summed E-state index contributed by atoms with van der Waals surface area (Å²) < 4.78 is 13.1. The van der Waals surface area contributed by atoms with E-state index in [-0.39, 0.29) is 11.3 Å². The van der Waals surface area contributed by atoms with Crippen molar-refractivity contribution in [3.8, 4) is 5.75 Å². The highest BCUT2D eigenvalue weighted by Gasteiger charge is 2.29. The summed E-state index contributed by atoms with van der Waals surface area (Å²) in [5.41, 5.74) is 8.41. The van der Waals surface area contributed by atoms with Gasteiger partial charge in [-0.25, -0.2) is 4.79 Å². The predicted molar refractivity (Wildman–Crippen MR) is 128 cm³/mol. The Kier molecular flexibility index (Phi) is 6.45. The van der Waals surface area contributed by atoms with Crippen LogP contribution in [0.15, 0.2) is 78.9 Å². The van der Waals surface area contributed by atoms with E-state index in [9.17, 15) is 14.4 Å². The number of rotatable bonds is 8. The van der Waals surface area contributed by atoms with E-state index in [1.807, 2.05) is 47.0 Å². The van der Waals surface area contributed by atoms with Crippen LogP contribution >= 0.6 is 0 Å². The Labute approximate surface area is 196 Å². The van der Waals surface area contributed by atoms with Crippen LogP contribution in [0, 0.1) is 6.92 Å². The number of esters is 1. The fourth-order valence-electron chi connectivity index (χ4n) is 4.08. The molecular formula is C27H24N2O5. The molecule has 7 heteroatoms. The van der Waals surface area contributed by atoms with Crippen molar-refractivity contribution in [3.05, 3.63) is 101 Å². The average Bonchev–Trinajstić information content (AvgIpc) is 3.14. The van der Waals surface area contributed by atoms with Crippen molar-refractivity contribution in [2.24, 2.45) is 5.73 Å². The minimum absolute atomic E-state index is 0.158. The van der Waals surface area contributed by atoms with Gasteiger partial charge in [0.1, 0.15) is 5.75 Å². The molecule has 7 nitrogen and oxygen atoms in total. The first-order valence-electron chi connectivity index (χ1n) is 10.7. The van der Waals surface area contributed by atoms with Crippen LogP contribution < -0.4 is 10.5 Å². The highest BCUT2D eigenvalue weighted by molar-refractivity contribution is 6.45. The summed E-state index contributed by atoms with van der Waals surface area (Å²) in [6.45, 7) is 2.23. The first-order valence-corrected chi connectivity index (χ1v) is 10.7. The van der Waals surface area contributed by atoms with E-state index >= 15 is 0 Å². The summed E-state index contributed by atoms with van der Waals surface area (Å²) >= 11 is 0. The van der Waals surface area contributed by atoms with Gasteiger partial charge in [0.25, 0.3) is 11.7 Å². The number of methoxy groups -OCH3 is 1. The second kappa shape index (κ2) is 9.62. The molecule has 0 aliphatic rings. The number of Topliss-reactive ketones (excluding diaryl/α,β-unsaturated/α-hetero) is 1. The van der Waals surface area contributed by atoms with E-state index in [1.165, 1.54) is 7.11 Å². The molecule has 0 saturated heterocycles. The van der Waals surface area contributed by atoms with Crippen LogP contribution in [0.3, 0.4) is 0 Å². The highest BCUT2D eigenvalue weighted by atomic mass is 16.6. The van der Waals surface area contributed by atoms with Gasteiger partial charge in [-0.05, 0) is 24.6 Å². The lowest BCUT2D eigenvalue weighted by Gasteiger charge is -2.18. The van der Waals surface area contributed by atoms with Crippen molar-refractivity contribution < 1.29 is 23.9 Å². The number of hydrogen-bond donors (Lipinski definition) is 1. The van der Waals surface area contributed by atoms with Gasteiger partial charge >= 0.3 is 5.97 Å². The zero-order valence-corrected chi connectivity index (χ0v) is 18.9. The van der Waals surface area contributed by atoms with E-state index in [2.05, 4.69) is 0 Å². The van der Waals surface area contributed by atoms with Crippen LogP contribution in [0.1, 0.15) is 33.3 Å². The van der Waals surface area contributed by atoms with E-state index in [0.29, 0.717) is 28.7 Å². The summed E-state index contributed by atoms with van der Waals surface area (Å²) in [6.07, 6.45) is -1.06. The van der Waals surface area contributed by atoms with Crippen LogP contribution in [0.25, 0.3) is 10.9 Å². The maximum absolute atomic E-state index is 12.9. The van der Waals surface area contributed by atoms with Gasteiger partial charge < -0.3 is 19.8 Å². The van der Waals surface area contributed by atoms with Crippen molar-refractivity contribution in [2.45, 2.75) is 19.6 Å². The van der Waals surface area contributed by atoms with Gasteiger partial charge in [0.15, 0.2) is 0 Å². The molecule has 1 amide bonds. The maximum atomic E-state index is 12.9. The lowest BCUT2D eigenvalue weighted by atomic mass is 10.0. The standard InChI is InChI=1S/C27H24N2O5/c1-17-22(24(30)26(28)31)23-20(29(17)16-18-10-5-3-6-11-18)14-9-15-21(23)34-25(27(32)33-2)19-12-7-4-8-13-19/h3-15,25H,16H2,1-2H3,(H2,28,31). The fourth-order valence-corrected chi connectivity index (χ4v) is 4.08. The second-order valence-corrected chi connectivity index (χ2v) is 7.81. The third-order valence-electron chi connectivity index (χ3n) is 5.71. The number of benzene rings is 3. The van der Waals surface area contributed by atoms with E-state index in [1.54, 1.807) is 43.3 Å². The van der Waals surface area contributed by atoms with E-state index in [4.69, 9.17) is 15.2 Å². The number of ether oxygens (including phenoxy) is 2. The Morgan fingerprint density at radius 3 is 2.18 bits per heavy atom. The summed E-state index contributed by atoms with van der Waals surface area (Å²) in [7, 11) is 1.28. The molecule has 4 rings (SSSR count). The van der Waals surface area contributed by atoms with Gasteiger partial charge in [-0.1, -0.05) is 66.7 Å². The molecule has 1 atom stereocenters. The summed E-state index contributed by atoms with van der Waals surface area (Å²) in [4.78, 5) is 37.4. The van der Waals surface area contributed by atoms with Crippen molar-refractivity contribution in [1.29, 1.82) is 0 Å². The zero-order valence-electron chi connectivity index (χ0n) is 18.9. The molecule has 0 fully saturated rings. The lowest BCUT2D eigenvalue weighted by Crippen LogP contribution is -2.24. The van der Waals surface area contributed by atoms with Crippen molar-refractivity contribution in [3.63, 3.8) is 0 Å². The Morgan fingerprint density at radius 2 is 1.56 bits per heavy atom. The smallest absolute Gasteiger partial charge is 0.351 e. The number of carbonyl (C=O) groups excluding carboxylic acids is 3. The highest BCUT2D eigenvalue weighted by Crippen LogP contribution is 2.37. The van der Waals surface area contributed by atoms with Crippen molar-refractivity contribution >= 4 is 28.6 Å². The van der Waals surface area contributed by atoms with Crippen LogP contribution in [-0.2, 0) is 20.9 Å². The molecule has 3 aromatic carbocycles. The number of amides is 1. The van der Waals surface area contributed by atoms with Crippen LogP contribution in [0.2, 0.25) is 0 Å². The van der Waals surface area contributed by atoms with Crippen LogP contribution in [-0.4, -0.2) is 29.3 Å². The molecule has 0 bridgehead atoms. The number of aromatic nitrogens is 1. The average molecular weight is 456 g/mol. The Balaban J connectivity index is 1.91. The first kappa shape index (κ1) is 22.8. The molecule has 0 aliphatic heterocycles. The normalized spacial score (nSPS) is 11.7. The lowest BCUT2D eigenvalue weighted by molar-refractivity contribution is -0.149. The molecule has 0 spiro atoms. The molecule has 1 heterocycles. The monoisotopic (exact) mass is 456 g/mol. The Bertz CT molecular complexity index is 1360. The van der Waals surface area contributed by atoms with Gasteiger partial charge in [0.2, 0.25) is 6.10 Å². The van der Waals surface area contributed by atoms with Gasteiger partial charge in [-0.2, -0.15) is 0 Å². The SMILES string of the molecule is COC(=O)C(Oc1cccc2c1c(C(=O)C(N)=O)c(C)n2Cc1ccccc1)c1ccccc1. The second-order valence-electron chi connectivity index (χ2n) is 7.81. The number of fused-ring (bicyclic) bond motifs is 1. The minimum Gasteiger partial charge on any atom is -0.473 e. The van der Waals surface area contributed by atoms with Gasteiger partial charge in [-0.3, -0.25) is 9.59 Å². The number of nitrogens with two attached hydrogens (primary N) is 1. The van der Waals surface area contributed by atoms with Gasteiger partial charge in [0.05, 0.1) is 23.6 Å². The van der Waals surface area contributed by atoms with Gasteiger partial charge in [-0.15, -0.1) is 0 Å². The molecule has 2 N–H and O–H groups in total. The number of hydrogen-bond acceptors (Lipinski definition) is 5. The third kappa shape index (κ3) is 4.28. The third-order valence-corrected chi connectivity index (χ3v) is 5.71. The molecule has 34 heavy (non-hydrogen) atoms. The quantitative estimate of drug-likeness (QED) is 0.246. The Hall–Kier alpha value is -4.39. The van der Waals surface area contributed by atoms with Crippen LogP contribution in [0.4, 0.5) is 0 Å². The number of ketones is 1. The molecule has 1 unspecified atom stereocenters. The fraction of sp³-hybridized carbons (Fsp3) is 0.148.